The highest BCUT2D eigenvalue weighted by Crippen LogP contribution is 2.46. The zero-order valence-corrected chi connectivity index (χ0v) is 29.6. The van der Waals surface area contributed by atoms with Crippen LogP contribution in [-0.4, -0.2) is 84.6 Å². The topological polar surface area (TPSA) is 112 Å². The Balaban J connectivity index is 1.29. The molecule has 7 rings (SSSR count). The quantitative estimate of drug-likeness (QED) is 0.280. The molecule has 2 fully saturated rings. The van der Waals surface area contributed by atoms with Crippen LogP contribution >= 0.6 is 0 Å². The van der Waals surface area contributed by atoms with Crippen LogP contribution in [0.1, 0.15) is 76.8 Å². The summed E-state index contributed by atoms with van der Waals surface area (Å²) >= 11 is 0. The molecule has 11 heteroatoms. The average Bonchev–Trinajstić information content (AvgIpc) is 3.33. The molecule has 0 radical (unpaired) electrons. The normalized spacial score (nSPS) is 18.3. The van der Waals surface area contributed by atoms with Gasteiger partial charge in [0.25, 0.3) is 17.7 Å². The number of carbonyl (C=O) groups excluding carboxylic acids is 3. The number of piperazine rings is 1. The van der Waals surface area contributed by atoms with Crippen molar-refractivity contribution in [3.63, 3.8) is 0 Å². The molecule has 1 aromatic heterocycles. The van der Waals surface area contributed by atoms with Crippen LogP contribution in [0.3, 0.4) is 0 Å². The van der Waals surface area contributed by atoms with Gasteiger partial charge in [-0.25, -0.2) is 4.72 Å². The van der Waals surface area contributed by atoms with Gasteiger partial charge in [0, 0.05) is 72.9 Å². The smallest absolute Gasteiger partial charge is 0.303 e. The van der Waals surface area contributed by atoms with Gasteiger partial charge in [-0.1, -0.05) is 67.8 Å². The molecule has 1 saturated carbocycles. The van der Waals surface area contributed by atoms with Gasteiger partial charge in [0.05, 0.1) is 12.2 Å². The molecule has 0 unspecified atom stereocenters. The van der Waals surface area contributed by atoms with Crippen molar-refractivity contribution in [2.75, 3.05) is 33.7 Å². The van der Waals surface area contributed by atoms with Gasteiger partial charge in [-0.15, -0.1) is 0 Å². The van der Waals surface area contributed by atoms with Crippen molar-refractivity contribution in [2.45, 2.75) is 57.5 Å². The first-order chi connectivity index (χ1) is 24.0. The Kier molecular flexibility index (Phi) is 9.13. The zero-order chi connectivity index (χ0) is 35.2. The van der Waals surface area contributed by atoms with Crippen molar-refractivity contribution in [3.8, 4) is 11.3 Å². The number of amides is 3. The van der Waals surface area contributed by atoms with Crippen LogP contribution in [0.2, 0.25) is 0 Å². The number of hydrogen-bond acceptors (Lipinski definition) is 5. The summed E-state index contributed by atoms with van der Waals surface area (Å²) in [6.07, 6.45) is 7.59. The van der Waals surface area contributed by atoms with E-state index in [1.54, 1.807) is 12.1 Å². The fraction of sp³-hybridized carbons (Fsp3) is 0.359. The molecule has 0 spiro atoms. The Hall–Kier alpha value is -4.74. The Labute approximate surface area is 293 Å². The maximum absolute atomic E-state index is 14.5. The van der Waals surface area contributed by atoms with Crippen LogP contribution in [-0.2, 0) is 21.5 Å². The summed E-state index contributed by atoms with van der Waals surface area (Å²) in [5.74, 6) is -0.520. The molecule has 4 aromatic rings. The van der Waals surface area contributed by atoms with E-state index in [1.807, 2.05) is 77.4 Å². The molecule has 1 aliphatic carbocycles. The third-order valence-electron chi connectivity index (χ3n) is 10.4. The van der Waals surface area contributed by atoms with Crippen molar-refractivity contribution in [2.24, 2.45) is 0 Å². The number of fused-ring (bicyclic) bond motifs is 5. The lowest BCUT2D eigenvalue weighted by Gasteiger charge is -2.40. The third kappa shape index (κ3) is 6.24. The molecular formula is C39H43N5O5S. The van der Waals surface area contributed by atoms with E-state index < -0.39 is 16.1 Å². The highest BCUT2D eigenvalue weighted by Gasteiger charge is 2.35. The van der Waals surface area contributed by atoms with E-state index >= 15 is 0 Å². The van der Waals surface area contributed by atoms with E-state index in [9.17, 15) is 22.8 Å². The van der Waals surface area contributed by atoms with E-state index in [-0.39, 0.29) is 30.0 Å². The summed E-state index contributed by atoms with van der Waals surface area (Å²) in [6.45, 7) is 3.54. The minimum Gasteiger partial charge on any atom is -0.335 e. The van der Waals surface area contributed by atoms with Crippen LogP contribution in [0.25, 0.3) is 28.2 Å². The average molecular weight is 694 g/mol. The summed E-state index contributed by atoms with van der Waals surface area (Å²) in [5, 5.41) is 1.02. The molecule has 0 bridgehead atoms. The molecule has 10 nitrogen and oxygen atoms in total. The molecule has 260 valence electrons. The number of nitrogens with one attached hydrogen (secondary N) is 1. The molecule has 3 heterocycles. The fourth-order valence-electron chi connectivity index (χ4n) is 7.81. The van der Waals surface area contributed by atoms with Gasteiger partial charge in [0.1, 0.15) is 0 Å². The molecule has 3 aromatic carbocycles. The van der Waals surface area contributed by atoms with Gasteiger partial charge >= 0.3 is 10.2 Å². The van der Waals surface area contributed by atoms with Gasteiger partial charge in [0.2, 0.25) is 0 Å². The maximum atomic E-state index is 14.5. The molecule has 1 N–H and O–H groups in total. The van der Waals surface area contributed by atoms with E-state index in [4.69, 9.17) is 0 Å². The van der Waals surface area contributed by atoms with Crippen LogP contribution in [0, 0.1) is 0 Å². The predicted octanol–water partition coefficient (Wildman–Crippen LogP) is 5.66. The predicted molar refractivity (Wildman–Crippen MR) is 195 cm³/mol. The van der Waals surface area contributed by atoms with Crippen molar-refractivity contribution < 1.29 is 22.8 Å². The second-order valence-electron chi connectivity index (χ2n) is 13.9. The largest absolute Gasteiger partial charge is 0.335 e. The lowest BCUT2D eigenvalue weighted by molar-refractivity contribution is -0.131. The Morgan fingerprint density at radius 3 is 2.28 bits per heavy atom. The van der Waals surface area contributed by atoms with Crippen molar-refractivity contribution in [1.82, 2.24) is 23.4 Å². The van der Waals surface area contributed by atoms with Gasteiger partial charge in [-0.2, -0.15) is 12.7 Å². The van der Waals surface area contributed by atoms with Crippen molar-refractivity contribution in [3.05, 3.63) is 101 Å². The standard InChI is InChI=1S/C39H43N5O5S/c1-26-24-42(38(46)28-14-8-5-9-15-28)20-21-43(26)39(47)31-22-29-16-10-11-17-32(29)36-35(27-12-6-4-7-13-27)33-19-18-30(23-34(33)44(36)25-31)37(45)40-50(48,49)41(2)3/h5,8-11,14-19,22-23,26-27H,4,6-7,12-13,20-21,24-25H2,1-3H3,(H,40,45)/t26-/m1/s1. The number of benzene rings is 3. The number of carbonyl (C=O) groups is 3. The molecule has 50 heavy (non-hydrogen) atoms. The SMILES string of the molecule is C[C@@H]1CN(C(=O)c2ccccc2)CCN1C(=O)C1=Cc2ccccc2-c2c(C3CCCCC3)c3ccc(C(=O)NS(=O)(=O)N(C)C)cc3n2C1. The minimum atomic E-state index is -3.99. The first kappa shape index (κ1) is 33.7. The summed E-state index contributed by atoms with van der Waals surface area (Å²) in [4.78, 5) is 44.7. The number of nitrogens with zero attached hydrogens (tertiary/aromatic N) is 4. The van der Waals surface area contributed by atoms with E-state index in [2.05, 4.69) is 15.4 Å². The number of rotatable bonds is 6. The first-order valence-electron chi connectivity index (χ1n) is 17.4. The summed E-state index contributed by atoms with van der Waals surface area (Å²) in [7, 11) is -1.26. The monoisotopic (exact) mass is 693 g/mol. The summed E-state index contributed by atoms with van der Waals surface area (Å²) in [6, 6.07) is 22.6. The second-order valence-corrected chi connectivity index (χ2v) is 15.7. The fourth-order valence-corrected chi connectivity index (χ4v) is 8.34. The molecule has 1 atom stereocenters. The lowest BCUT2D eigenvalue weighted by atomic mass is 9.81. The summed E-state index contributed by atoms with van der Waals surface area (Å²) < 4.78 is 30.4. The third-order valence-corrected chi connectivity index (χ3v) is 11.8. The Morgan fingerprint density at radius 1 is 0.840 bits per heavy atom. The molecule has 3 aliphatic rings. The Morgan fingerprint density at radius 2 is 1.56 bits per heavy atom. The van der Waals surface area contributed by atoms with E-state index in [0.717, 1.165) is 57.7 Å². The molecular weight excluding hydrogens is 651 g/mol. The highest BCUT2D eigenvalue weighted by molar-refractivity contribution is 7.87. The van der Waals surface area contributed by atoms with Crippen LogP contribution in [0.15, 0.2) is 78.4 Å². The van der Waals surface area contributed by atoms with E-state index in [0.29, 0.717) is 36.7 Å². The summed E-state index contributed by atoms with van der Waals surface area (Å²) in [5.41, 5.74) is 6.51. The lowest BCUT2D eigenvalue weighted by Crippen LogP contribution is -2.55. The first-order valence-corrected chi connectivity index (χ1v) is 18.8. The maximum Gasteiger partial charge on any atom is 0.303 e. The number of aromatic nitrogens is 1. The van der Waals surface area contributed by atoms with Gasteiger partial charge in [-0.05, 0) is 67.2 Å². The zero-order valence-electron chi connectivity index (χ0n) is 28.8. The molecule has 3 amide bonds. The Bertz CT molecular complexity index is 2110. The van der Waals surface area contributed by atoms with Gasteiger partial charge < -0.3 is 14.4 Å². The minimum absolute atomic E-state index is 0.0379. The van der Waals surface area contributed by atoms with Crippen LogP contribution in [0.5, 0.6) is 0 Å². The van der Waals surface area contributed by atoms with Crippen LogP contribution < -0.4 is 4.72 Å². The van der Waals surface area contributed by atoms with E-state index in [1.165, 1.54) is 26.1 Å². The van der Waals surface area contributed by atoms with Gasteiger partial charge in [-0.3, -0.25) is 14.4 Å². The number of hydrogen-bond donors (Lipinski definition) is 1. The van der Waals surface area contributed by atoms with Crippen molar-refractivity contribution in [1.29, 1.82) is 0 Å². The second kappa shape index (κ2) is 13.5. The van der Waals surface area contributed by atoms with Crippen LogP contribution in [0.4, 0.5) is 0 Å². The van der Waals surface area contributed by atoms with Crippen molar-refractivity contribution >= 4 is 44.9 Å². The van der Waals surface area contributed by atoms with Gasteiger partial charge in [0.15, 0.2) is 0 Å². The highest BCUT2D eigenvalue weighted by atomic mass is 32.2. The molecule has 1 saturated heterocycles. The molecule has 2 aliphatic heterocycles.